The Labute approximate surface area is 117 Å². The van der Waals surface area contributed by atoms with E-state index in [1.165, 1.54) is 18.9 Å². The van der Waals surface area contributed by atoms with E-state index in [0.29, 0.717) is 17.9 Å². The summed E-state index contributed by atoms with van der Waals surface area (Å²) < 4.78 is 14.3. The van der Waals surface area contributed by atoms with Crippen LogP contribution in [0.4, 0.5) is 4.39 Å². The van der Waals surface area contributed by atoms with Gasteiger partial charge in [-0.3, -0.25) is 0 Å². The van der Waals surface area contributed by atoms with Crippen molar-refractivity contribution in [3.05, 3.63) is 34.1 Å². The molecule has 1 aromatic rings. The van der Waals surface area contributed by atoms with Crippen LogP contribution in [0.1, 0.15) is 32.3 Å². The minimum Gasteiger partial charge on any atom is -0.314 e. The summed E-state index contributed by atoms with van der Waals surface area (Å²) in [6.07, 6.45) is 3.45. The second-order valence-corrected chi connectivity index (χ2v) is 6.15. The number of hydrogen-bond donors (Lipinski definition) is 1. The SMILES string of the molecule is CCNC1CCC(Cc2cc(F)ccc2Br)C1C. The molecule has 3 heteroatoms. The molecule has 1 saturated carbocycles. The minimum absolute atomic E-state index is 0.137. The molecule has 1 aliphatic carbocycles. The third-order valence-electron chi connectivity index (χ3n) is 4.18. The summed E-state index contributed by atoms with van der Waals surface area (Å²) in [5, 5.41) is 3.55. The second-order valence-electron chi connectivity index (χ2n) is 5.30. The van der Waals surface area contributed by atoms with Gasteiger partial charge in [-0.05, 0) is 61.4 Å². The molecule has 0 spiro atoms. The summed E-state index contributed by atoms with van der Waals surface area (Å²) in [6, 6.07) is 5.61. The largest absolute Gasteiger partial charge is 0.314 e. The van der Waals surface area contributed by atoms with E-state index < -0.39 is 0 Å². The van der Waals surface area contributed by atoms with Gasteiger partial charge in [0.05, 0.1) is 0 Å². The Kier molecular flexibility index (Phi) is 4.79. The van der Waals surface area contributed by atoms with Gasteiger partial charge in [0.1, 0.15) is 5.82 Å². The first-order chi connectivity index (χ1) is 8.61. The first-order valence-corrected chi connectivity index (χ1v) is 7.58. The van der Waals surface area contributed by atoms with Gasteiger partial charge in [-0.25, -0.2) is 4.39 Å². The first-order valence-electron chi connectivity index (χ1n) is 6.79. The summed E-state index contributed by atoms with van der Waals surface area (Å²) in [7, 11) is 0. The van der Waals surface area contributed by atoms with E-state index in [9.17, 15) is 4.39 Å². The first kappa shape index (κ1) is 14.0. The normalized spacial score (nSPS) is 27.7. The molecule has 1 aromatic carbocycles. The fraction of sp³-hybridized carbons (Fsp3) is 0.600. The maximum atomic E-state index is 13.3. The molecule has 0 amide bonds. The van der Waals surface area contributed by atoms with E-state index in [1.54, 1.807) is 6.07 Å². The van der Waals surface area contributed by atoms with Crippen molar-refractivity contribution in [3.8, 4) is 0 Å². The molecule has 100 valence electrons. The molecule has 1 aliphatic rings. The lowest BCUT2D eigenvalue weighted by molar-refractivity contribution is 0.354. The zero-order valence-electron chi connectivity index (χ0n) is 11.0. The highest BCUT2D eigenvalue weighted by molar-refractivity contribution is 9.10. The molecule has 1 fully saturated rings. The Bertz CT molecular complexity index is 407. The van der Waals surface area contributed by atoms with Crippen molar-refractivity contribution in [1.82, 2.24) is 5.32 Å². The van der Waals surface area contributed by atoms with Crippen LogP contribution in [0.15, 0.2) is 22.7 Å². The Hall–Kier alpha value is -0.410. The Morgan fingerprint density at radius 3 is 2.89 bits per heavy atom. The number of halogens is 2. The topological polar surface area (TPSA) is 12.0 Å². The Morgan fingerprint density at radius 2 is 2.17 bits per heavy atom. The highest BCUT2D eigenvalue weighted by Crippen LogP contribution is 2.35. The van der Waals surface area contributed by atoms with Crippen molar-refractivity contribution in [2.75, 3.05) is 6.54 Å². The third-order valence-corrected chi connectivity index (χ3v) is 4.96. The molecule has 0 aliphatic heterocycles. The van der Waals surface area contributed by atoms with Gasteiger partial charge >= 0.3 is 0 Å². The zero-order valence-corrected chi connectivity index (χ0v) is 12.6. The average Bonchev–Trinajstić information content (AvgIpc) is 2.67. The molecule has 18 heavy (non-hydrogen) atoms. The summed E-state index contributed by atoms with van der Waals surface area (Å²) in [4.78, 5) is 0. The van der Waals surface area contributed by atoms with Crippen LogP contribution in [-0.4, -0.2) is 12.6 Å². The molecule has 3 atom stereocenters. The van der Waals surface area contributed by atoms with Crippen LogP contribution in [0.2, 0.25) is 0 Å². The van der Waals surface area contributed by atoms with Crippen LogP contribution in [0.5, 0.6) is 0 Å². The average molecular weight is 314 g/mol. The maximum Gasteiger partial charge on any atom is 0.123 e. The van der Waals surface area contributed by atoms with E-state index >= 15 is 0 Å². The molecular weight excluding hydrogens is 293 g/mol. The van der Waals surface area contributed by atoms with Crippen molar-refractivity contribution >= 4 is 15.9 Å². The summed E-state index contributed by atoms with van der Waals surface area (Å²) in [6.45, 7) is 5.51. The van der Waals surface area contributed by atoms with Gasteiger partial charge in [-0.15, -0.1) is 0 Å². The predicted octanol–water partition coefficient (Wildman–Crippen LogP) is 4.15. The predicted molar refractivity (Wildman–Crippen MR) is 77.2 cm³/mol. The van der Waals surface area contributed by atoms with Crippen LogP contribution in [0, 0.1) is 17.7 Å². The molecular formula is C15H21BrFN. The third kappa shape index (κ3) is 3.12. The lowest BCUT2D eigenvalue weighted by atomic mass is 9.89. The van der Waals surface area contributed by atoms with Gasteiger partial charge in [-0.1, -0.05) is 29.8 Å². The van der Waals surface area contributed by atoms with E-state index in [2.05, 4.69) is 35.1 Å². The molecule has 3 unspecified atom stereocenters. The van der Waals surface area contributed by atoms with Gasteiger partial charge in [-0.2, -0.15) is 0 Å². The van der Waals surface area contributed by atoms with E-state index in [-0.39, 0.29) is 5.82 Å². The smallest absolute Gasteiger partial charge is 0.123 e. The highest BCUT2D eigenvalue weighted by atomic mass is 79.9. The number of nitrogens with one attached hydrogen (secondary N) is 1. The Morgan fingerprint density at radius 1 is 1.39 bits per heavy atom. The van der Waals surface area contributed by atoms with Crippen LogP contribution in [0.25, 0.3) is 0 Å². The fourth-order valence-electron chi connectivity index (χ4n) is 3.07. The molecule has 0 saturated heterocycles. The molecule has 2 rings (SSSR count). The number of hydrogen-bond acceptors (Lipinski definition) is 1. The fourth-order valence-corrected chi connectivity index (χ4v) is 3.48. The highest BCUT2D eigenvalue weighted by Gasteiger charge is 2.32. The minimum atomic E-state index is -0.137. The monoisotopic (exact) mass is 313 g/mol. The number of benzene rings is 1. The molecule has 0 aromatic heterocycles. The van der Waals surface area contributed by atoms with Gasteiger partial charge in [0.25, 0.3) is 0 Å². The molecule has 1 N–H and O–H groups in total. The van der Waals surface area contributed by atoms with Crippen molar-refractivity contribution in [1.29, 1.82) is 0 Å². The standard InChI is InChI=1S/C15H21BrFN/c1-3-18-15-7-4-11(10(15)2)8-12-9-13(17)5-6-14(12)16/h5-6,9-11,15,18H,3-4,7-8H2,1-2H3. The van der Waals surface area contributed by atoms with Crippen molar-refractivity contribution in [2.45, 2.75) is 39.2 Å². The molecule has 1 nitrogen and oxygen atoms in total. The maximum absolute atomic E-state index is 13.3. The van der Waals surface area contributed by atoms with Gasteiger partial charge in [0.2, 0.25) is 0 Å². The van der Waals surface area contributed by atoms with Gasteiger partial charge in [0, 0.05) is 10.5 Å². The quantitative estimate of drug-likeness (QED) is 0.880. The lowest BCUT2D eigenvalue weighted by Crippen LogP contribution is -2.32. The van der Waals surface area contributed by atoms with Crippen molar-refractivity contribution in [2.24, 2.45) is 11.8 Å². The van der Waals surface area contributed by atoms with Gasteiger partial charge in [0.15, 0.2) is 0 Å². The second kappa shape index (κ2) is 6.16. The van der Waals surface area contributed by atoms with Crippen molar-refractivity contribution in [3.63, 3.8) is 0 Å². The van der Waals surface area contributed by atoms with E-state index in [4.69, 9.17) is 0 Å². The molecule has 0 radical (unpaired) electrons. The molecule has 0 heterocycles. The summed E-state index contributed by atoms with van der Waals surface area (Å²) in [5.41, 5.74) is 1.10. The molecule has 0 bridgehead atoms. The summed E-state index contributed by atoms with van der Waals surface area (Å²) >= 11 is 3.52. The summed E-state index contributed by atoms with van der Waals surface area (Å²) in [5.74, 6) is 1.19. The van der Waals surface area contributed by atoms with Crippen LogP contribution in [0.3, 0.4) is 0 Å². The van der Waals surface area contributed by atoms with Crippen LogP contribution < -0.4 is 5.32 Å². The Balaban J connectivity index is 2.04. The van der Waals surface area contributed by atoms with Crippen molar-refractivity contribution < 1.29 is 4.39 Å². The van der Waals surface area contributed by atoms with Crippen LogP contribution in [-0.2, 0) is 6.42 Å². The lowest BCUT2D eigenvalue weighted by Gasteiger charge is -2.21. The van der Waals surface area contributed by atoms with Crippen LogP contribution >= 0.6 is 15.9 Å². The zero-order chi connectivity index (χ0) is 13.1. The van der Waals surface area contributed by atoms with E-state index in [0.717, 1.165) is 23.0 Å². The number of rotatable bonds is 4. The van der Waals surface area contributed by atoms with E-state index in [1.807, 2.05) is 6.07 Å². The van der Waals surface area contributed by atoms with Gasteiger partial charge < -0.3 is 5.32 Å².